The Bertz CT molecular complexity index is 1360. The number of carbonyl (C=O) groups is 2. The minimum Gasteiger partial charge on any atom is -0.507 e. The van der Waals surface area contributed by atoms with E-state index < -0.39 is 17.7 Å². The van der Waals surface area contributed by atoms with E-state index in [1.165, 1.54) is 4.90 Å². The summed E-state index contributed by atoms with van der Waals surface area (Å²) in [5, 5.41) is 11.4. The molecule has 2 aliphatic rings. The van der Waals surface area contributed by atoms with Crippen LogP contribution < -0.4 is 9.47 Å². The Hall–Kier alpha value is -4.32. The number of nitrogens with zero attached hydrogens (tertiary/aromatic N) is 1. The Labute approximate surface area is 210 Å². The number of aliphatic hydroxyl groups is 1. The third-order valence-corrected chi connectivity index (χ3v) is 6.45. The van der Waals surface area contributed by atoms with E-state index in [0.29, 0.717) is 29.9 Å². The molecule has 0 aromatic heterocycles. The third-order valence-electron chi connectivity index (χ3n) is 6.45. The van der Waals surface area contributed by atoms with E-state index in [9.17, 15) is 14.7 Å². The largest absolute Gasteiger partial charge is 0.507 e. The lowest BCUT2D eigenvalue weighted by molar-refractivity contribution is -0.140. The summed E-state index contributed by atoms with van der Waals surface area (Å²) >= 11 is 0. The van der Waals surface area contributed by atoms with Crippen LogP contribution in [0.3, 0.4) is 0 Å². The second kappa shape index (κ2) is 9.74. The Kier molecular flexibility index (Phi) is 6.34. The maximum Gasteiger partial charge on any atom is 0.295 e. The molecule has 0 spiro atoms. The number of likely N-dealkylation sites (tertiary alicyclic amines) is 1. The molecule has 6 nitrogen and oxygen atoms in total. The van der Waals surface area contributed by atoms with E-state index >= 15 is 0 Å². The van der Waals surface area contributed by atoms with Crippen LogP contribution in [-0.2, 0) is 22.6 Å². The van der Waals surface area contributed by atoms with Crippen molar-refractivity contribution in [1.82, 2.24) is 4.90 Å². The molecule has 1 fully saturated rings. The topological polar surface area (TPSA) is 76.1 Å². The first kappa shape index (κ1) is 23.4. The molecule has 2 aliphatic heterocycles. The molecule has 3 aromatic rings. The van der Waals surface area contributed by atoms with Gasteiger partial charge in [0.2, 0.25) is 0 Å². The van der Waals surface area contributed by atoms with Crippen molar-refractivity contribution in [3.05, 3.63) is 113 Å². The van der Waals surface area contributed by atoms with E-state index in [-0.39, 0.29) is 24.0 Å². The Balaban J connectivity index is 1.62. The number of ketones is 1. The number of ether oxygens (including phenoxy) is 2. The van der Waals surface area contributed by atoms with Gasteiger partial charge in [0.25, 0.3) is 11.7 Å². The normalized spacial score (nSPS) is 20.2. The van der Waals surface area contributed by atoms with E-state index in [4.69, 9.17) is 9.47 Å². The average molecular weight is 482 g/mol. The fourth-order valence-corrected chi connectivity index (χ4v) is 4.82. The van der Waals surface area contributed by atoms with Crippen LogP contribution in [0.1, 0.15) is 35.2 Å². The average Bonchev–Trinajstić information content (AvgIpc) is 3.39. The molecule has 182 valence electrons. The SMILES string of the molecule is C=CCOc1cccc([C@H]2C(=C(O)c3ccc4c(c3)C[C@H](C)O4)C(=O)C(=O)N2Cc2ccccc2)c1. The number of benzene rings is 3. The van der Waals surface area contributed by atoms with Crippen LogP contribution >= 0.6 is 0 Å². The molecule has 1 amide bonds. The summed E-state index contributed by atoms with van der Waals surface area (Å²) in [5.41, 5.74) is 3.05. The summed E-state index contributed by atoms with van der Waals surface area (Å²) in [6, 6.07) is 21.3. The molecule has 3 aromatic carbocycles. The van der Waals surface area contributed by atoms with Gasteiger partial charge >= 0.3 is 0 Å². The zero-order chi connectivity index (χ0) is 25.2. The number of Topliss-reactive ketones (excluding diaryl/α,β-unsaturated/α-hetero) is 1. The Morgan fingerprint density at radius 3 is 2.69 bits per heavy atom. The lowest BCUT2D eigenvalue weighted by atomic mass is 9.94. The van der Waals surface area contributed by atoms with Crippen LogP contribution in [0.15, 0.2) is 91.0 Å². The van der Waals surface area contributed by atoms with Gasteiger partial charge in [-0.15, -0.1) is 0 Å². The number of aliphatic hydroxyl groups excluding tert-OH is 1. The van der Waals surface area contributed by atoms with Crippen molar-refractivity contribution in [2.75, 3.05) is 6.61 Å². The summed E-state index contributed by atoms with van der Waals surface area (Å²) < 4.78 is 11.5. The van der Waals surface area contributed by atoms with Gasteiger partial charge in [-0.25, -0.2) is 0 Å². The number of carbonyl (C=O) groups excluding carboxylic acids is 2. The number of amides is 1. The van der Waals surface area contributed by atoms with Gasteiger partial charge in [-0.1, -0.05) is 55.1 Å². The van der Waals surface area contributed by atoms with Gasteiger partial charge in [0, 0.05) is 18.5 Å². The van der Waals surface area contributed by atoms with Crippen molar-refractivity contribution in [1.29, 1.82) is 0 Å². The van der Waals surface area contributed by atoms with Gasteiger partial charge in [-0.05, 0) is 53.9 Å². The van der Waals surface area contributed by atoms with Crippen molar-refractivity contribution < 1.29 is 24.2 Å². The van der Waals surface area contributed by atoms with Crippen molar-refractivity contribution in [2.24, 2.45) is 0 Å². The van der Waals surface area contributed by atoms with Crippen molar-refractivity contribution in [3.63, 3.8) is 0 Å². The number of hydrogen-bond donors (Lipinski definition) is 1. The molecule has 0 aliphatic carbocycles. The van der Waals surface area contributed by atoms with Crippen LogP contribution in [0.5, 0.6) is 11.5 Å². The second-order valence-corrected chi connectivity index (χ2v) is 9.04. The standard InChI is InChI=1S/C30H27NO5/c1-3-14-35-24-11-7-10-21(17-24)27-26(28(32)22-12-13-25-23(16-22)15-19(2)36-25)29(33)30(34)31(27)18-20-8-5-4-6-9-20/h3-13,16-17,19,27,32H,1,14-15,18H2,2H3/t19-,27-/m0/s1. The summed E-state index contributed by atoms with van der Waals surface area (Å²) in [7, 11) is 0. The van der Waals surface area contributed by atoms with Crippen LogP contribution in [0.4, 0.5) is 0 Å². The van der Waals surface area contributed by atoms with E-state index in [2.05, 4.69) is 6.58 Å². The highest BCUT2D eigenvalue weighted by Crippen LogP contribution is 2.42. The van der Waals surface area contributed by atoms with E-state index in [0.717, 1.165) is 16.9 Å². The van der Waals surface area contributed by atoms with Crippen LogP contribution in [-0.4, -0.2) is 34.4 Å². The molecule has 6 heteroatoms. The van der Waals surface area contributed by atoms with Crippen LogP contribution in [0, 0.1) is 0 Å². The van der Waals surface area contributed by atoms with E-state index in [1.54, 1.807) is 30.3 Å². The van der Waals surface area contributed by atoms with Gasteiger partial charge in [-0.2, -0.15) is 0 Å². The van der Waals surface area contributed by atoms with Crippen molar-refractivity contribution in [2.45, 2.75) is 32.0 Å². The molecule has 36 heavy (non-hydrogen) atoms. The summed E-state index contributed by atoms with van der Waals surface area (Å²) in [6.07, 6.45) is 2.41. The first-order valence-corrected chi connectivity index (χ1v) is 11.9. The quantitative estimate of drug-likeness (QED) is 0.217. The fraction of sp³-hybridized carbons (Fsp3) is 0.200. The van der Waals surface area contributed by atoms with Crippen molar-refractivity contribution in [3.8, 4) is 11.5 Å². The van der Waals surface area contributed by atoms with Gasteiger partial charge in [0.15, 0.2) is 0 Å². The Morgan fingerprint density at radius 2 is 1.92 bits per heavy atom. The van der Waals surface area contributed by atoms with Gasteiger partial charge < -0.3 is 19.5 Å². The first-order chi connectivity index (χ1) is 17.5. The smallest absolute Gasteiger partial charge is 0.295 e. The molecule has 2 atom stereocenters. The highest BCUT2D eigenvalue weighted by Gasteiger charge is 2.46. The van der Waals surface area contributed by atoms with Crippen LogP contribution in [0.25, 0.3) is 5.76 Å². The molecule has 5 rings (SSSR count). The minimum absolute atomic E-state index is 0.0483. The first-order valence-electron chi connectivity index (χ1n) is 11.9. The highest BCUT2D eigenvalue weighted by molar-refractivity contribution is 6.46. The summed E-state index contributed by atoms with van der Waals surface area (Å²) in [4.78, 5) is 28.2. The highest BCUT2D eigenvalue weighted by atomic mass is 16.5. The van der Waals surface area contributed by atoms with Gasteiger partial charge in [0.1, 0.15) is 30.0 Å². The molecule has 0 bridgehead atoms. The maximum absolute atomic E-state index is 13.4. The molecule has 1 N–H and O–H groups in total. The number of rotatable bonds is 7. The lowest BCUT2D eigenvalue weighted by Gasteiger charge is -2.26. The second-order valence-electron chi connectivity index (χ2n) is 9.04. The zero-order valence-corrected chi connectivity index (χ0v) is 20.0. The molecule has 0 radical (unpaired) electrons. The molecule has 1 saturated heterocycles. The summed E-state index contributed by atoms with van der Waals surface area (Å²) in [5.74, 6) is -0.209. The molecule has 0 saturated carbocycles. The molecule has 2 heterocycles. The monoisotopic (exact) mass is 481 g/mol. The van der Waals surface area contributed by atoms with Gasteiger partial charge in [0.05, 0.1) is 11.6 Å². The van der Waals surface area contributed by atoms with E-state index in [1.807, 2.05) is 55.5 Å². The third kappa shape index (κ3) is 4.38. The van der Waals surface area contributed by atoms with Crippen LogP contribution in [0.2, 0.25) is 0 Å². The minimum atomic E-state index is -0.777. The maximum atomic E-state index is 13.4. The molecular formula is C30H27NO5. The molecular weight excluding hydrogens is 454 g/mol. The lowest BCUT2D eigenvalue weighted by Crippen LogP contribution is -2.29. The predicted octanol–water partition coefficient (Wildman–Crippen LogP) is 5.20. The fourth-order valence-electron chi connectivity index (χ4n) is 4.82. The zero-order valence-electron chi connectivity index (χ0n) is 20.0. The van der Waals surface area contributed by atoms with Gasteiger partial charge in [-0.3, -0.25) is 9.59 Å². The summed E-state index contributed by atoms with van der Waals surface area (Å²) in [6.45, 7) is 6.21. The number of fused-ring (bicyclic) bond motifs is 1. The molecule has 0 unspecified atom stereocenters. The van der Waals surface area contributed by atoms with Crippen molar-refractivity contribution >= 4 is 17.4 Å². The number of hydrogen-bond acceptors (Lipinski definition) is 5. The predicted molar refractivity (Wildman–Crippen MR) is 137 cm³/mol. The Morgan fingerprint density at radius 1 is 1.11 bits per heavy atom.